The van der Waals surface area contributed by atoms with Crippen LogP contribution in [0.25, 0.3) is 0 Å². The molecule has 5 heteroatoms. The molecule has 1 aromatic carbocycles. The molecule has 184 valence electrons. The average molecular weight is 459 g/mol. The van der Waals surface area contributed by atoms with Crippen LogP contribution in [0.2, 0.25) is 0 Å². The summed E-state index contributed by atoms with van der Waals surface area (Å²) in [5, 5.41) is 31.1. The lowest BCUT2D eigenvalue weighted by atomic mass is 9.89. The number of benzene rings is 1. The van der Waals surface area contributed by atoms with Crippen molar-refractivity contribution < 1.29 is 24.9 Å². The molecule has 3 unspecified atom stereocenters. The van der Waals surface area contributed by atoms with E-state index < -0.39 is 18.3 Å². The highest BCUT2D eigenvalue weighted by molar-refractivity contribution is 5.69. The molecular weight excluding hydrogens is 416 g/mol. The van der Waals surface area contributed by atoms with Crippen LogP contribution in [-0.2, 0) is 16.0 Å². The minimum absolute atomic E-state index is 0.0318. The Morgan fingerprint density at radius 3 is 2.64 bits per heavy atom. The molecule has 0 heterocycles. The van der Waals surface area contributed by atoms with Crippen molar-refractivity contribution in [2.24, 2.45) is 11.8 Å². The molecule has 0 spiro atoms. The van der Waals surface area contributed by atoms with E-state index in [0.717, 1.165) is 32.1 Å². The predicted octanol–water partition coefficient (Wildman–Crippen LogP) is 4.74. The lowest BCUT2D eigenvalue weighted by molar-refractivity contribution is -0.148. The van der Waals surface area contributed by atoms with Crippen molar-refractivity contribution in [1.29, 1.82) is 0 Å². The molecule has 0 aromatic heterocycles. The third kappa shape index (κ3) is 10.2. The van der Waals surface area contributed by atoms with Crippen LogP contribution in [0.15, 0.2) is 54.6 Å². The summed E-state index contributed by atoms with van der Waals surface area (Å²) in [4.78, 5) is 11.7. The molecule has 1 fully saturated rings. The summed E-state index contributed by atoms with van der Waals surface area (Å²) in [6.45, 7) is 3.89. The Kier molecular flexibility index (Phi) is 12.4. The number of rotatable bonds is 14. The Labute approximate surface area is 199 Å². The molecule has 0 aliphatic heterocycles. The second-order valence-electron chi connectivity index (χ2n) is 9.25. The molecule has 5 nitrogen and oxygen atoms in total. The first kappa shape index (κ1) is 27.3. The van der Waals surface area contributed by atoms with Crippen LogP contribution >= 0.6 is 0 Å². The van der Waals surface area contributed by atoms with Crippen LogP contribution in [0.1, 0.15) is 70.8 Å². The standard InChI is InChI=1S/C28H42O5/c1-3-21(2)33-28(32)17-10-5-4-9-16-24-25(27(31)20-26(24)30)19-18-23(29)15-11-14-22-12-7-6-8-13-22/h4,6-9,12-13,18-19,21,23-27,29-31H,3,5,10-11,14-17,20H2,1-2H3/t21?,23-,24?,25?,26-,27+/m0/s1. The van der Waals surface area contributed by atoms with Crippen molar-refractivity contribution in [2.45, 2.75) is 96.1 Å². The van der Waals surface area contributed by atoms with E-state index in [2.05, 4.69) is 12.1 Å². The first-order valence-corrected chi connectivity index (χ1v) is 12.5. The topological polar surface area (TPSA) is 87.0 Å². The van der Waals surface area contributed by atoms with Gasteiger partial charge in [-0.25, -0.2) is 0 Å². The van der Waals surface area contributed by atoms with Gasteiger partial charge in [-0.2, -0.15) is 0 Å². The number of aliphatic hydroxyl groups excluding tert-OH is 3. The van der Waals surface area contributed by atoms with Gasteiger partial charge in [0.15, 0.2) is 0 Å². The van der Waals surface area contributed by atoms with Gasteiger partial charge in [-0.3, -0.25) is 4.79 Å². The molecule has 1 saturated carbocycles. The van der Waals surface area contributed by atoms with Crippen molar-refractivity contribution in [2.75, 3.05) is 0 Å². The smallest absolute Gasteiger partial charge is 0.306 e. The van der Waals surface area contributed by atoms with Crippen LogP contribution in [0.4, 0.5) is 0 Å². The zero-order chi connectivity index (χ0) is 24.1. The van der Waals surface area contributed by atoms with Gasteiger partial charge in [0, 0.05) is 18.8 Å². The number of aryl methyl sites for hydroxylation is 1. The van der Waals surface area contributed by atoms with Gasteiger partial charge in [0.1, 0.15) is 0 Å². The molecule has 1 aliphatic rings. The number of esters is 1. The fraction of sp³-hybridized carbons (Fsp3) is 0.607. The van der Waals surface area contributed by atoms with Crippen LogP contribution in [0.3, 0.4) is 0 Å². The fourth-order valence-corrected chi connectivity index (χ4v) is 4.32. The molecule has 0 saturated heterocycles. The van der Waals surface area contributed by atoms with Gasteiger partial charge in [-0.1, -0.05) is 61.6 Å². The third-order valence-corrected chi connectivity index (χ3v) is 6.51. The van der Waals surface area contributed by atoms with Crippen molar-refractivity contribution in [3.63, 3.8) is 0 Å². The first-order valence-electron chi connectivity index (χ1n) is 12.5. The van der Waals surface area contributed by atoms with Gasteiger partial charge in [0.25, 0.3) is 0 Å². The predicted molar refractivity (Wildman–Crippen MR) is 132 cm³/mol. The van der Waals surface area contributed by atoms with Crippen molar-refractivity contribution in [3.8, 4) is 0 Å². The Bertz CT molecular complexity index is 729. The zero-order valence-electron chi connectivity index (χ0n) is 20.2. The van der Waals surface area contributed by atoms with Gasteiger partial charge in [0.2, 0.25) is 0 Å². The normalized spacial score (nSPS) is 25.0. The highest BCUT2D eigenvalue weighted by Gasteiger charge is 2.39. The number of hydrogen-bond donors (Lipinski definition) is 3. The molecule has 0 radical (unpaired) electrons. The van der Waals surface area contributed by atoms with Crippen LogP contribution in [-0.4, -0.2) is 45.7 Å². The maximum atomic E-state index is 11.7. The van der Waals surface area contributed by atoms with Crippen molar-refractivity contribution in [3.05, 3.63) is 60.2 Å². The van der Waals surface area contributed by atoms with Gasteiger partial charge >= 0.3 is 5.97 Å². The van der Waals surface area contributed by atoms with Crippen molar-refractivity contribution >= 4 is 5.97 Å². The van der Waals surface area contributed by atoms with E-state index in [-0.39, 0.29) is 23.9 Å². The summed E-state index contributed by atoms with van der Waals surface area (Å²) in [5.41, 5.74) is 1.27. The quantitative estimate of drug-likeness (QED) is 0.213. The Morgan fingerprint density at radius 1 is 1.15 bits per heavy atom. The van der Waals surface area contributed by atoms with Crippen LogP contribution in [0.5, 0.6) is 0 Å². The van der Waals surface area contributed by atoms with E-state index in [1.54, 1.807) is 6.08 Å². The number of carbonyl (C=O) groups excluding carboxylic acids is 1. The number of ether oxygens (including phenoxy) is 1. The largest absolute Gasteiger partial charge is 0.463 e. The molecule has 2 rings (SSSR count). The van der Waals surface area contributed by atoms with E-state index in [4.69, 9.17) is 4.74 Å². The summed E-state index contributed by atoms with van der Waals surface area (Å²) < 4.78 is 5.27. The highest BCUT2D eigenvalue weighted by atomic mass is 16.5. The Hall–Kier alpha value is -1.95. The lowest BCUT2D eigenvalue weighted by Gasteiger charge is -2.19. The monoisotopic (exact) mass is 458 g/mol. The van der Waals surface area contributed by atoms with Gasteiger partial charge in [-0.05, 0) is 63.4 Å². The van der Waals surface area contributed by atoms with E-state index in [1.807, 2.05) is 50.3 Å². The number of allylic oxidation sites excluding steroid dienone is 2. The molecule has 6 atom stereocenters. The number of unbranched alkanes of at least 4 members (excludes halogenated alkanes) is 1. The zero-order valence-corrected chi connectivity index (χ0v) is 20.2. The molecule has 33 heavy (non-hydrogen) atoms. The average Bonchev–Trinajstić information content (AvgIpc) is 3.07. The summed E-state index contributed by atoms with van der Waals surface area (Å²) in [6, 6.07) is 10.2. The molecule has 0 bridgehead atoms. The van der Waals surface area contributed by atoms with Crippen LogP contribution in [0, 0.1) is 11.8 Å². The van der Waals surface area contributed by atoms with E-state index in [0.29, 0.717) is 25.7 Å². The van der Waals surface area contributed by atoms with Gasteiger partial charge in [-0.15, -0.1) is 0 Å². The summed E-state index contributed by atoms with van der Waals surface area (Å²) in [5.74, 6) is -0.391. The maximum absolute atomic E-state index is 11.7. The van der Waals surface area contributed by atoms with E-state index in [1.165, 1.54) is 5.56 Å². The van der Waals surface area contributed by atoms with Crippen LogP contribution < -0.4 is 0 Å². The summed E-state index contributed by atoms with van der Waals surface area (Å²) >= 11 is 0. The number of hydrogen-bond acceptors (Lipinski definition) is 5. The van der Waals surface area contributed by atoms with E-state index in [9.17, 15) is 20.1 Å². The Morgan fingerprint density at radius 2 is 1.91 bits per heavy atom. The highest BCUT2D eigenvalue weighted by Crippen LogP contribution is 2.36. The summed E-state index contributed by atoms with van der Waals surface area (Å²) in [6.07, 6.45) is 12.2. The maximum Gasteiger partial charge on any atom is 0.306 e. The summed E-state index contributed by atoms with van der Waals surface area (Å²) in [7, 11) is 0. The molecule has 1 aromatic rings. The number of aliphatic hydroxyl groups is 3. The fourth-order valence-electron chi connectivity index (χ4n) is 4.32. The Balaban J connectivity index is 1.72. The minimum atomic E-state index is -0.596. The van der Waals surface area contributed by atoms with E-state index >= 15 is 0 Å². The van der Waals surface area contributed by atoms with Gasteiger partial charge < -0.3 is 20.1 Å². The second-order valence-corrected chi connectivity index (χ2v) is 9.25. The molecule has 0 amide bonds. The lowest BCUT2D eigenvalue weighted by Crippen LogP contribution is -2.20. The SMILES string of the molecule is CCC(C)OC(=O)CCCC=CCC1C(C=C[C@@H](O)CCCc2ccccc2)[C@H](O)C[C@@H]1O. The van der Waals surface area contributed by atoms with Gasteiger partial charge in [0.05, 0.1) is 24.4 Å². The second kappa shape index (κ2) is 15.0. The molecule has 3 N–H and O–H groups in total. The number of carbonyl (C=O) groups is 1. The molecular formula is C28H42O5. The van der Waals surface area contributed by atoms with Crippen molar-refractivity contribution in [1.82, 2.24) is 0 Å². The third-order valence-electron chi connectivity index (χ3n) is 6.51. The first-order chi connectivity index (χ1) is 15.9. The minimum Gasteiger partial charge on any atom is -0.463 e. The molecule has 1 aliphatic carbocycles.